The van der Waals surface area contributed by atoms with Gasteiger partial charge in [-0.1, -0.05) is 6.07 Å². The summed E-state index contributed by atoms with van der Waals surface area (Å²) in [6, 6.07) is 6.99. The summed E-state index contributed by atoms with van der Waals surface area (Å²) in [6.45, 7) is 2.05. The monoisotopic (exact) mass is 291 g/mol. The molecule has 2 amide bonds. The molecule has 1 fully saturated rings. The highest BCUT2D eigenvalue weighted by molar-refractivity contribution is 5.92. The van der Waals surface area contributed by atoms with E-state index in [-0.39, 0.29) is 5.91 Å². The molecule has 6 heteroatoms. The molecule has 1 unspecified atom stereocenters. The molecule has 3 N–H and O–H groups in total. The van der Waals surface area contributed by atoms with E-state index in [1.54, 1.807) is 24.3 Å². The van der Waals surface area contributed by atoms with E-state index in [0.717, 1.165) is 25.9 Å². The van der Waals surface area contributed by atoms with Gasteiger partial charge in [0, 0.05) is 17.8 Å². The minimum atomic E-state index is -0.535. The average Bonchev–Trinajstić information content (AvgIpc) is 2.98. The maximum absolute atomic E-state index is 11.9. The fourth-order valence-electron chi connectivity index (χ4n) is 2.36. The fourth-order valence-corrected chi connectivity index (χ4v) is 2.36. The number of nitrogens with one attached hydrogen (secondary N) is 3. The molecule has 114 valence electrons. The molecule has 1 heterocycles. The van der Waals surface area contributed by atoms with Crippen molar-refractivity contribution in [3.63, 3.8) is 0 Å². The van der Waals surface area contributed by atoms with Gasteiger partial charge in [0.2, 0.25) is 5.91 Å². The number of anilines is 2. The Bertz CT molecular complexity index is 499. The predicted molar refractivity (Wildman–Crippen MR) is 81.3 cm³/mol. The Hall–Kier alpha value is -2.08. The Morgan fingerprint density at radius 2 is 2.10 bits per heavy atom. The SMILES string of the molecule is COC(=O)Nc1cccc(NC(=O)CCC2CCNC2)c1. The third kappa shape index (κ3) is 5.07. The van der Waals surface area contributed by atoms with Gasteiger partial charge in [-0.3, -0.25) is 10.1 Å². The zero-order valence-corrected chi connectivity index (χ0v) is 12.1. The normalized spacial score (nSPS) is 17.3. The predicted octanol–water partition coefficient (Wildman–Crippen LogP) is 2.19. The van der Waals surface area contributed by atoms with Crippen LogP contribution in [0.15, 0.2) is 24.3 Å². The van der Waals surface area contributed by atoms with Crippen molar-refractivity contribution in [3.8, 4) is 0 Å². The van der Waals surface area contributed by atoms with Crippen LogP contribution in [0.2, 0.25) is 0 Å². The van der Waals surface area contributed by atoms with Gasteiger partial charge in [0.1, 0.15) is 0 Å². The number of carbonyl (C=O) groups excluding carboxylic acids is 2. The highest BCUT2D eigenvalue weighted by atomic mass is 16.5. The van der Waals surface area contributed by atoms with Crippen molar-refractivity contribution in [2.45, 2.75) is 19.3 Å². The number of rotatable bonds is 5. The summed E-state index contributed by atoms with van der Waals surface area (Å²) in [5, 5.41) is 8.70. The first-order valence-corrected chi connectivity index (χ1v) is 7.13. The first-order chi connectivity index (χ1) is 10.2. The molecule has 0 bridgehead atoms. The number of hydrogen-bond donors (Lipinski definition) is 3. The molecule has 1 aliphatic heterocycles. The van der Waals surface area contributed by atoms with Crippen molar-refractivity contribution in [1.29, 1.82) is 0 Å². The lowest BCUT2D eigenvalue weighted by Gasteiger charge is -2.10. The molecule has 0 aromatic heterocycles. The molecule has 1 aliphatic rings. The van der Waals surface area contributed by atoms with Crippen LogP contribution in [0.3, 0.4) is 0 Å². The molecular weight excluding hydrogens is 270 g/mol. The summed E-state index contributed by atoms with van der Waals surface area (Å²) in [6.07, 6.45) is 2.03. The van der Waals surface area contributed by atoms with Gasteiger partial charge in [-0.25, -0.2) is 4.79 Å². The average molecular weight is 291 g/mol. The molecule has 0 spiro atoms. The Balaban J connectivity index is 1.82. The van der Waals surface area contributed by atoms with Crippen molar-refractivity contribution < 1.29 is 14.3 Å². The van der Waals surface area contributed by atoms with Gasteiger partial charge in [0.25, 0.3) is 0 Å². The van der Waals surface area contributed by atoms with Gasteiger partial charge >= 0.3 is 6.09 Å². The lowest BCUT2D eigenvalue weighted by molar-refractivity contribution is -0.116. The summed E-state index contributed by atoms with van der Waals surface area (Å²) in [5.41, 5.74) is 1.25. The van der Waals surface area contributed by atoms with Crippen LogP contribution in [0.5, 0.6) is 0 Å². The summed E-state index contributed by atoms with van der Waals surface area (Å²) in [4.78, 5) is 23.1. The molecule has 0 saturated carbocycles. The Morgan fingerprint density at radius 1 is 1.33 bits per heavy atom. The van der Waals surface area contributed by atoms with E-state index in [1.165, 1.54) is 7.11 Å². The number of benzene rings is 1. The lowest BCUT2D eigenvalue weighted by Crippen LogP contribution is -2.15. The van der Waals surface area contributed by atoms with Crippen molar-refractivity contribution >= 4 is 23.4 Å². The van der Waals surface area contributed by atoms with E-state index < -0.39 is 6.09 Å². The maximum Gasteiger partial charge on any atom is 0.411 e. The molecule has 2 rings (SSSR count). The largest absolute Gasteiger partial charge is 0.453 e. The minimum Gasteiger partial charge on any atom is -0.453 e. The van der Waals surface area contributed by atoms with E-state index >= 15 is 0 Å². The van der Waals surface area contributed by atoms with Crippen LogP contribution in [0.1, 0.15) is 19.3 Å². The molecule has 6 nitrogen and oxygen atoms in total. The second-order valence-electron chi connectivity index (χ2n) is 5.14. The quantitative estimate of drug-likeness (QED) is 0.777. The molecule has 21 heavy (non-hydrogen) atoms. The van der Waals surface area contributed by atoms with Gasteiger partial charge in [-0.15, -0.1) is 0 Å². The van der Waals surface area contributed by atoms with Gasteiger partial charge < -0.3 is 15.4 Å². The van der Waals surface area contributed by atoms with Crippen LogP contribution < -0.4 is 16.0 Å². The Morgan fingerprint density at radius 3 is 2.76 bits per heavy atom. The van der Waals surface area contributed by atoms with Crippen LogP contribution >= 0.6 is 0 Å². The minimum absolute atomic E-state index is 0.00267. The highest BCUT2D eigenvalue weighted by Gasteiger charge is 2.15. The first kappa shape index (κ1) is 15.3. The van der Waals surface area contributed by atoms with Gasteiger partial charge in [-0.2, -0.15) is 0 Å². The Labute approximate surface area is 124 Å². The van der Waals surface area contributed by atoms with Crippen molar-refractivity contribution in [2.24, 2.45) is 5.92 Å². The van der Waals surface area contributed by atoms with Crippen LogP contribution in [-0.2, 0) is 9.53 Å². The summed E-state index contributed by atoms with van der Waals surface area (Å²) < 4.78 is 4.53. The number of ether oxygens (including phenoxy) is 1. The number of amides is 2. The molecular formula is C15H21N3O3. The fraction of sp³-hybridized carbons (Fsp3) is 0.467. The van der Waals surface area contributed by atoms with Crippen LogP contribution in [0.4, 0.5) is 16.2 Å². The summed E-state index contributed by atoms with van der Waals surface area (Å²) in [7, 11) is 1.30. The van der Waals surface area contributed by atoms with Crippen LogP contribution in [0, 0.1) is 5.92 Å². The zero-order valence-electron chi connectivity index (χ0n) is 12.1. The third-order valence-corrected chi connectivity index (χ3v) is 3.52. The molecule has 0 radical (unpaired) electrons. The topological polar surface area (TPSA) is 79.5 Å². The first-order valence-electron chi connectivity index (χ1n) is 7.13. The van der Waals surface area contributed by atoms with Crippen molar-refractivity contribution in [2.75, 3.05) is 30.8 Å². The van der Waals surface area contributed by atoms with E-state index in [0.29, 0.717) is 23.7 Å². The molecule has 1 saturated heterocycles. The zero-order chi connectivity index (χ0) is 15.1. The molecule has 1 atom stereocenters. The second kappa shape index (κ2) is 7.64. The summed E-state index contributed by atoms with van der Waals surface area (Å²) >= 11 is 0. The van der Waals surface area contributed by atoms with Gasteiger partial charge in [0.05, 0.1) is 7.11 Å². The van der Waals surface area contributed by atoms with Gasteiger partial charge in [-0.05, 0) is 50.0 Å². The molecule has 1 aromatic carbocycles. The van der Waals surface area contributed by atoms with Crippen LogP contribution in [-0.4, -0.2) is 32.2 Å². The number of methoxy groups -OCH3 is 1. The number of carbonyl (C=O) groups is 2. The second-order valence-corrected chi connectivity index (χ2v) is 5.14. The maximum atomic E-state index is 11.9. The highest BCUT2D eigenvalue weighted by Crippen LogP contribution is 2.17. The van der Waals surface area contributed by atoms with E-state index in [9.17, 15) is 9.59 Å². The van der Waals surface area contributed by atoms with E-state index in [2.05, 4.69) is 20.7 Å². The van der Waals surface area contributed by atoms with E-state index in [1.807, 2.05) is 0 Å². The van der Waals surface area contributed by atoms with Crippen LogP contribution in [0.25, 0.3) is 0 Å². The molecule has 1 aromatic rings. The lowest BCUT2D eigenvalue weighted by atomic mass is 10.0. The van der Waals surface area contributed by atoms with Crippen molar-refractivity contribution in [1.82, 2.24) is 5.32 Å². The van der Waals surface area contributed by atoms with E-state index in [4.69, 9.17) is 0 Å². The van der Waals surface area contributed by atoms with Crippen molar-refractivity contribution in [3.05, 3.63) is 24.3 Å². The third-order valence-electron chi connectivity index (χ3n) is 3.52. The van der Waals surface area contributed by atoms with Gasteiger partial charge in [0.15, 0.2) is 0 Å². The number of hydrogen-bond acceptors (Lipinski definition) is 4. The Kier molecular flexibility index (Phi) is 5.57. The smallest absolute Gasteiger partial charge is 0.411 e. The summed E-state index contributed by atoms with van der Waals surface area (Å²) in [5.74, 6) is 0.597. The molecule has 0 aliphatic carbocycles. The standard InChI is InChI=1S/C15H21N3O3/c1-21-15(20)18-13-4-2-3-12(9-13)17-14(19)6-5-11-7-8-16-10-11/h2-4,9,11,16H,5-8,10H2,1H3,(H,17,19)(H,18,20).